The van der Waals surface area contributed by atoms with Gasteiger partial charge in [-0.3, -0.25) is 15.4 Å². The summed E-state index contributed by atoms with van der Waals surface area (Å²) < 4.78 is 9.93. The van der Waals surface area contributed by atoms with Crippen LogP contribution in [0.5, 0.6) is 5.75 Å². The Morgan fingerprint density at radius 3 is 2.68 bits per heavy atom. The summed E-state index contributed by atoms with van der Waals surface area (Å²) in [4.78, 5) is 21.6. The molecule has 0 spiro atoms. The summed E-state index contributed by atoms with van der Waals surface area (Å²) >= 11 is 0. The number of rotatable bonds is 5. The zero-order valence-electron chi connectivity index (χ0n) is 11.0. The summed E-state index contributed by atoms with van der Waals surface area (Å²) in [7, 11) is 1.36. The Balaban J connectivity index is 2.78. The molecule has 1 amide bonds. The summed E-state index contributed by atoms with van der Waals surface area (Å²) in [5.41, 5.74) is 0.208. The van der Waals surface area contributed by atoms with Gasteiger partial charge in [0.25, 0.3) is 5.69 Å². The summed E-state index contributed by atoms with van der Waals surface area (Å²) in [5.74, 6) is 0.431. The van der Waals surface area contributed by atoms with Crippen LogP contribution in [0.3, 0.4) is 0 Å². The van der Waals surface area contributed by atoms with Crippen LogP contribution in [0.4, 0.5) is 16.2 Å². The first-order chi connectivity index (χ1) is 8.93. The van der Waals surface area contributed by atoms with Gasteiger partial charge in [-0.2, -0.15) is 0 Å². The fraction of sp³-hybridized carbons (Fsp3) is 0.417. The molecule has 7 nitrogen and oxygen atoms in total. The van der Waals surface area contributed by atoms with E-state index in [0.717, 1.165) is 0 Å². The van der Waals surface area contributed by atoms with Crippen molar-refractivity contribution in [2.45, 2.75) is 13.8 Å². The van der Waals surface area contributed by atoms with E-state index in [4.69, 9.17) is 9.47 Å². The Hall–Kier alpha value is -2.31. The zero-order valence-corrected chi connectivity index (χ0v) is 11.0. The highest BCUT2D eigenvalue weighted by atomic mass is 16.6. The first kappa shape index (κ1) is 14.7. The molecule has 0 bridgehead atoms. The number of anilines is 1. The topological polar surface area (TPSA) is 90.7 Å². The van der Waals surface area contributed by atoms with Crippen molar-refractivity contribution in [1.82, 2.24) is 0 Å². The highest BCUT2D eigenvalue weighted by Crippen LogP contribution is 2.29. The van der Waals surface area contributed by atoms with E-state index in [9.17, 15) is 14.9 Å². The van der Waals surface area contributed by atoms with Gasteiger partial charge in [-0.1, -0.05) is 13.8 Å². The molecule has 0 fully saturated rings. The van der Waals surface area contributed by atoms with Crippen LogP contribution in [0.15, 0.2) is 18.2 Å². The van der Waals surface area contributed by atoms with Gasteiger partial charge >= 0.3 is 6.09 Å². The van der Waals surface area contributed by atoms with Crippen molar-refractivity contribution in [1.29, 1.82) is 0 Å². The van der Waals surface area contributed by atoms with Crippen molar-refractivity contribution < 1.29 is 19.2 Å². The fourth-order valence-electron chi connectivity index (χ4n) is 1.29. The van der Waals surface area contributed by atoms with Crippen LogP contribution in [0.2, 0.25) is 0 Å². The molecule has 0 unspecified atom stereocenters. The van der Waals surface area contributed by atoms with Gasteiger partial charge in [0.15, 0.2) is 0 Å². The minimum Gasteiger partial charge on any atom is -0.494 e. The molecule has 1 N–H and O–H groups in total. The SMILES string of the molecule is COc1cc([N+](=O)[O-])ccc1NC(=O)OCC(C)C. The van der Waals surface area contributed by atoms with E-state index in [0.29, 0.717) is 12.3 Å². The molecular weight excluding hydrogens is 252 g/mol. The number of non-ortho nitro benzene ring substituents is 1. The van der Waals surface area contributed by atoms with Crippen LogP contribution in [-0.2, 0) is 4.74 Å². The number of nitro groups is 1. The summed E-state index contributed by atoms with van der Waals surface area (Å²) in [6.45, 7) is 4.13. The van der Waals surface area contributed by atoms with Gasteiger partial charge in [0.1, 0.15) is 5.75 Å². The highest BCUT2D eigenvalue weighted by molar-refractivity contribution is 5.87. The minimum absolute atomic E-state index is 0.113. The van der Waals surface area contributed by atoms with E-state index in [1.165, 1.54) is 25.3 Å². The van der Waals surface area contributed by atoms with E-state index in [2.05, 4.69) is 5.32 Å². The lowest BCUT2D eigenvalue weighted by atomic mass is 10.2. The van der Waals surface area contributed by atoms with Crippen LogP contribution >= 0.6 is 0 Å². The third-order valence-corrected chi connectivity index (χ3v) is 2.18. The van der Waals surface area contributed by atoms with Gasteiger partial charge in [-0.15, -0.1) is 0 Å². The van der Waals surface area contributed by atoms with E-state index >= 15 is 0 Å². The Kier molecular flexibility index (Phi) is 5.11. The number of ether oxygens (including phenoxy) is 2. The second kappa shape index (κ2) is 6.58. The molecule has 0 atom stereocenters. The molecule has 0 heterocycles. The number of carbonyl (C=O) groups excluding carboxylic acids is 1. The summed E-state index contributed by atoms with van der Waals surface area (Å²) in [6.07, 6.45) is -0.624. The molecule has 0 saturated carbocycles. The molecule has 1 aromatic carbocycles. The third kappa shape index (κ3) is 4.46. The molecule has 0 aliphatic carbocycles. The van der Waals surface area contributed by atoms with Crippen molar-refractivity contribution in [2.75, 3.05) is 19.0 Å². The molecule has 19 heavy (non-hydrogen) atoms. The quantitative estimate of drug-likeness (QED) is 0.655. The standard InChI is InChI=1S/C12H16N2O5/c1-8(2)7-19-12(15)13-10-5-4-9(14(16)17)6-11(10)18-3/h4-6,8H,7H2,1-3H3,(H,13,15). The number of carbonyl (C=O) groups is 1. The normalized spacial score (nSPS) is 10.1. The zero-order chi connectivity index (χ0) is 14.4. The monoisotopic (exact) mass is 268 g/mol. The fourth-order valence-corrected chi connectivity index (χ4v) is 1.29. The number of methoxy groups -OCH3 is 1. The van der Waals surface area contributed by atoms with Crippen LogP contribution in [0.1, 0.15) is 13.8 Å². The van der Waals surface area contributed by atoms with Gasteiger partial charge in [-0.05, 0) is 12.0 Å². The van der Waals surface area contributed by atoms with Crippen LogP contribution in [0.25, 0.3) is 0 Å². The molecule has 1 aromatic rings. The molecule has 0 radical (unpaired) electrons. The number of hydrogen-bond acceptors (Lipinski definition) is 5. The maximum absolute atomic E-state index is 11.5. The minimum atomic E-state index is -0.624. The molecule has 7 heteroatoms. The molecular formula is C12H16N2O5. The largest absolute Gasteiger partial charge is 0.494 e. The lowest BCUT2D eigenvalue weighted by Gasteiger charge is -2.11. The van der Waals surface area contributed by atoms with Crippen molar-refractivity contribution in [3.63, 3.8) is 0 Å². The Morgan fingerprint density at radius 1 is 1.47 bits per heavy atom. The third-order valence-electron chi connectivity index (χ3n) is 2.18. The maximum atomic E-state index is 11.5. The maximum Gasteiger partial charge on any atom is 0.411 e. The van der Waals surface area contributed by atoms with Gasteiger partial charge in [0.2, 0.25) is 0 Å². The van der Waals surface area contributed by atoms with Crippen LogP contribution < -0.4 is 10.1 Å². The van der Waals surface area contributed by atoms with Gasteiger partial charge < -0.3 is 9.47 Å². The lowest BCUT2D eigenvalue weighted by Crippen LogP contribution is -2.17. The second-order valence-corrected chi connectivity index (χ2v) is 4.26. The number of benzene rings is 1. The number of nitrogens with one attached hydrogen (secondary N) is 1. The Morgan fingerprint density at radius 2 is 2.16 bits per heavy atom. The van der Waals surface area contributed by atoms with Crippen LogP contribution in [0, 0.1) is 16.0 Å². The van der Waals surface area contributed by atoms with Crippen molar-refractivity contribution >= 4 is 17.5 Å². The van der Waals surface area contributed by atoms with E-state index in [-0.39, 0.29) is 17.4 Å². The Labute approximate surface area is 110 Å². The lowest BCUT2D eigenvalue weighted by molar-refractivity contribution is -0.384. The summed E-state index contributed by atoms with van der Waals surface area (Å²) in [6, 6.07) is 3.91. The first-order valence-electron chi connectivity index (χ1n) is 5.70. The molecule has 0 aliphatic heterocycles. The molecule has 104 valence electrons. The Bertz CT molecular complexity index is 473. The first-order valence-corrected chi connectivity index (χ1v) is 5.70. The van der Waals surface area contributed by atoms with Gasteiger partial charge in [0, 0.05) is 6.07 Å². The van der Waals surface area contributed by atoms with E-state index < -0.39 is 11.0 Å². The van der Waals surface area contributed by atoms with Crippen molar-refractivity contribution in [2.24, 2.45) is 5.92 Å². The predicted octanol–water partition coefficient (Wildman–Crippen LogP) is 2.81. The second-order valence-electron chi connectivity index (χ2n) is 4.26. The molecule has 0 aromatic heterocycles. The van der Waals surface area contributed by atoms with Crippen LogP contribution in [-0.4, -0.2) is 24.7 Å². The molecule has 0 saturated heterocycles. The average Bonchev–Trinajstić information content (AvgIpc) is 2.36. The van der Waals surface area contributed by atoms with E-state index in [1.807, 2.05) is 13.8 Å². The predicted molar refractivity (Wildman–Crippen MR) is 69.5 cm³/mol. The van der Waals surface area contributed by atoms with E-state index in [1.54, 1.807) is 0 Å². The number of nitrogens with zero attached hydrogens (tertiary/aromatic N) is 1. The van der Waals surface area contributed by atoms with Crippen molar-refractivity contribution in [3.8, 4) is 5.75 Å². The number of amides is 1. The number of nitro benzene ring substituents is 1. The highest BCUT2D eigenvalue weighted by Gasteiger charge is 2.14. The smallest absolute Gasteiger partial charge is 0.411 e. The molecule has 1 rings (SSSR count). The van der Waals surface area contributed by atoms with Gasteiger partial charge in [0.05, 0.1) is 30.4 Å². The summed E-state index contributed by atoms with van der Waals surface area (Å²) in [5, 5.41) is 13.1. The molecule has 0 aliphatic rings. The number of hydrogen-bond donors (Lipinski definition) is 1. The average molecular weight is 268 g/mol. The van der Waals surface area contributed by atoms with Crippen molar-refractivity contribution in [3.05, 3.63) is 28.3 Å². The van der Waals surface area contributed by atoms with Gasteiger partial charge in [-0.25, -0.2) is 4.79 Å².